The number of likely N-dealkylation sites (N-methyl/N-ethyl adjacent to an activating group) is 1. The highest BCUT2D eigenvalue weighted by molar-refractivity contribution is 5.81. The first-order valence-electron chi connectivity index (χ1n) is 6.62. The molecule has 4 nitrogen and oxygen atoms in total. The lowest BCUT2D eigenvalue weighted by Crippen LogP contribution is -2.49. The highest BCUT2D eigenvalue weighted by Crippen LogP contribution is 2.21. The van der Waals surface area contributed by atoms with E-state index in [1.165, 1.54) is 6.42 Å². The second-order valence-corrected chi connectivity index (χ2v) is 4.96. The molecule has 0 bridgehead atoms. The molecule has 1 saturated carbocycles. The SMILES string of the molecule is CCN(C)C(=O)C(C)NC1CCCC(OC)C1. The second-order valence-electron chi connectivity index (χ2n) is 4.96. The standard InChI is InChI=1S/C13H26N2O2/c1-5-15(3)13(16)10(2)14-11-7-6-8-12(9-11)17-4/h10-12,14H,5-9H2,1-4H3. The van der Waals surface area contributed by atoms with Gasteiger partial charge in [0.15, 0.2) is 0 Å². The fourth-order valence-electron chi connectivity index (χ4n) is 2.42. The Bertz CT molecular complexity index is 246. The summed E-state index contributed by atoms with van der Waals surface area (Å²) < 4.78 is 5.40. The van der Waals surface area contributed by atoms with Crippen molar-refractivity contribution < 1.29 is 9.53 Å². The first kappa shape index (κ1) is 14.5. The molecule has 3 unspecified atom stereocenters. The number of rotatable bonds is 5. The first-order chi connectivity index (χ1) is 8.08. The van der Waals surface area contributed by atoms with Gasteiger partial charge in [-0.15, -0.1) is 0 Å². The summed E-state index contributed by atoms with van der Waals surface area (Å²) in [5, 5.41) is 3.43. The van der Waals surface area contributed by atoms with E-state index in [0.717, 1.165) is 25.8 Å². The number of carbonyl (C=O) groups is 1. The van der Waals surface area contributed by atoms with Crippen LogP contribution in [-0.4, -0.2) is 49.7 Å². The van der Waals surface area contributed by atoms with Crippen molar-refractivity contribution in [3.8, 4) is 0 Å². The lowest BCUT2D eigenvalue weighted by molar-refractivity contribution is -0.131. The number of nitrogens with one attached hydrogen (secondary N) is 1. The van der Waals surface area contributed by atoms with E-state index < -0.39 is 0 Å². The topological polar surface area (TPSA) is 41.6 Å². The Labute approximate surface area is 105 Å². The first-order valence-corrected chi connectivity index (χ1v) is 6.62. The molecule has 1 fully saturated rings. The summed E-state index contributed by atoms with van der Waals surface area (Å²) in [5.41, 5.74) is 0. The van der Waals surface area contributed by atoms with Gasteiger partial charge in [-0.1, -0.05) is 0 Å². The third kappa shape index (κ3) is 4.28. The van der Waals surface area contributed by atoms with E-state index in [-0.39, 0.29) is 11.9 Å². The van der Waals surface area contributed by atoms with Crippen LogP contribution in [0.2, 0.25) is 0 Å². The predicted molar refractivity (Wildman–Crippen MR) is 69.0 cm³/mol. The number of hydrogen-bond donors (Lipinski definition) is 1. The maximum atomic E-state index is 11.9. The molecule has 100 valence electrons. The minimum atomic E-state index is -0.0967. The lowest BCUT2D eigenvalue weighted by Gasteiger charge is -2.31. The molecular weight excluding hydrogens is 216 g/mol. The van der Waals surface area contributed by atoms with Gasteiger partial charge >= 0.3 is 0 Å². The molecule has 3 atom stereocenters. The molecular formula is C13H26N2O2. The zero-order chi connectivity index (χ0) is 12.8. The Hall–Kier alpha value is -0.610. The van der Waals surface area contributed by atoms with E-state index in [2.05, 4.69) is 5.32 Å². The number of methoxy groups -OCH3 is 1. The quantitative estimate of drug-likeness (QED) is 0.792. The van der Waals surface area contributed by atoms with E-state index in [1.807, 2.05) is 20.9 Å². The van der Waals surface area contributed by atoms with E-state index in [9.17, 15) is 4.79 Å². The van der Waals surface area contributed by atoms with Gasteiger partial charge in [0.25, 0.3) is 0 Å². The highest BCUT2D eigenvalue weighted by atomic mass is 16.5. The molecule has 1 N–H and O–H groups in total. The molecule has 0 saturated heterocycles. The van der Waals surface area contributed by atoms with Crippen molar-refractivity contribution in [3.05, 3.63) is 0 Å². The van der Waals surface area contributed by atoms with Crippen molar-refractivity contribution in [3.63, 3.8) is 0 Å². The summed E-state index contributed by atoms with van der Waals surface area (Å²) in [7, 11) is 3.62. The smallest absolute Gasteiger partial charge is 0.239 e. The normalized spacial score (nSPS) is 26.6. The van der Waals surface area contributed by atoms with Crippen LogP contribution in [0.5, 0.6) is 0 Å². The molecule has 1 amide bonds. The largest absolute Gasteiger partial charge is 0.381 e. The van der Waals surface area contributed by atoms with Gasteiger partial charge in [-0.3, -0.25) is 4.79 Å². The number of amides is 1. The third-order valence-electron chi connectivity index (χ3n) is 3.67. The predicted octanol–water partition coefficient (Wildman–Crippen LogP) is 1.40. The maximum absolute atomic E-state index is 11.9. The van der Waals surface area contributed by atoms with Crippen LogP contribution in [-0.2, 0) is 9.53 Å². The van der Waals surface area contributed by atoms with Crippen LogP contribution in [0.3, 0.4) is 0 Å². The van der Waals surface area contributed by atoms with Crippen LogP contribution in [0.4, 0.5) is 0 Å². The van der Waals surface area contributed by atoms with E-state index >= 15 is 0 Å². The van der Waals surface area contributed by atoms with Crippen LogP contribution in [0.15, 0.2) is 0 Å². The zero-order valence-electron chi connectivity index (χ0n) is 11.5. The van der Waals surface area contributed by atoms with Gasteiger partial charge in [-0.25, -0.2) is 0 Å². The van der Waals surface area contributed by atoms with Gasteiger partial charge in [0.05, 0.1) is 12.1 Å². The number of ether oxygens (including phenoxy) is 1. The Morgan fingerprint density at radius 3 is 2.82 bits per heavy atom. The Kier molecular flexibility index (Phi) is 5.92. The summed E-state index contributed by atoms with van der Waals surface area (Å²) in [6.45, 7) is 4.70. The third-order valence-corrected chi connectivity index (χ3v) is 3.67. The molecule has 1 aliphatic carbocycles. The lowest BCUT2D eigenvalue weighted by atomic mass is 9.92. The molecule has 0 heterocycles. The molecule has 0 spiro atoms. The Morgan fingerprint density at radius 2 is 2.24 bits per heavy atom. The molecule has 0 aliphatic heterocycles. The average molecular weight is 242 g/mol. The summed E-state index contributed by atoms with van der Waals surface area (Å²) >= 11 is 0. The maximum Gasteiger partial charge on any atom is 0.239 e. The summed E-state index contributed by atoms with van der Waals surface area (Å²) in [6, 6.07) is 0.318. The molecule has 17 heavy (non-hydrogen) atoms. The fraction of sp³-hybridized carbons (Fsp3) is 0.923. The van der Waals surface area contributed by atoms with Crippen LogP contribution >= 0.6 is 0 Å². The van der Waals surface area contributed by atoms with Crippen LogP contribution in [0, 0.1) is 0 Å². The summed E-state index contributed by atoms with van der Waals surface area (Å²) in [4.78, 5) is 13.7. The van der Waals surface area contributed by atoms with Crippen molar-refractivity contribution in [1.29, 1.82) is 0 Å². The zero-order valence-corrected chi connectivity index (χ0v) is 11.5. The molecule has 0 radical (unpaired) electrons. The average Bonchev–Trinajstić information content (AvgIpc) is 2.37. The van der Waals surface area contributed by atoms with E-state index in [0.29, 0.717) is 12.1 Å². The minimum absolute atomic E-state index is 0.0967. The highest BCUT2D eigenvalue weighted by Gasteiger charge is 2.25. The van der Waals surface area contributed by atoms with Crippen molar-refractivity contribution in [2.45, 2.75) is 57.7 Å². The summed E-state index contributed by atoms with van der Waals surface area (Å²) in [6.07, 6.45) is 4.84. The van der Waals surface area contributed by atoms with Crippen molar-refractivity contribution >= 4 is 5.91 Å². The second kappa shape index (κ2) is 6.97. The van der Waals surface area contributed by atoms with Gasteiger partial charge in [-0.05, 0) is 39.5 Å². The van der Waals surface area contributed by atoms with Gasteiger partial charge in [0, 0.05) is 26.7 Å². The monoisotopic (exact) mass is 242 g/mol. The Morgan fingerprint density at radius 1 is 1.53 bits per heavy atom. The van der Waals surface area contributed by atoms with Crippen LogP contribution in [0.25, 0.3) is 0 Å². The molecule has 0 aromatic rings. The minimum Gasteiger partial charge on any atom is -0.381 e. The molecule has 0 aromatic heterocycles. The molecule has 4 heteroatoms. The Balaban J connectivity index is 2.39. The van der Waals surface area contributed by atoms with Gasteiger partial charge in [-0.2, -0.15) is 0 Å². The van der Waals surface area contributed by atoms with Gasteiger partial charge < -0.3 is 15.0 Å². The van der Waals surface area contributed by atoms with Crippen molar-refractivity contribution in [2.75, 3.05) is 20.7 Å². The van der Waals surface area contributed by atoms with Crippen molar-refractivity contribution in [1.82, 2.24) is 10.2 Å². The molecule has 1 rings (SSSR count). The number of carbonyl (C=O) groups excluding carboxylic acids is 1. The van der Waals surface area contributed by atoms with Crippen LogP contribution < -0.4 is 5.32 Å². The fourth-order valence-corrected chi connectivity index (χ4v) is 2.42. The van der Waals surface area contributed by atoms with Gasteiger partial charge in [0.2, 0.25) is 5.91 Å². The van der Waals surface area contributed by atoms with E-state index in [1.54, 1.807) is 12.0 Å². The molecule has 1 aliphatic rings. The molecule has 0 aromatic carbocycles. The van der Waals surface area contributed by atoms with Gasteiger partial charge in [0.1, 0.15) is 0 Å². The van der Waals surface area contributed by atoms with E-state index in [4.69, 9.17) is 4.74 Å². The number of hydrogen-bond acceptors (Lipinski definition) is 3. The van der Waals surface area contributed by atoms with Crippen molar-refractivity contribution in [2.24, 2.45) is 0 Å². The van der Waals surface area contributed by atoms with Crippen LogP contribution in [0.1, 0.15) is 39.5 Å². The summed E-state index contributed by atoms with van der Waals surface area (Å²) in [5.74, 6) is 0.173. The number of nitrogens with zero attached hydrogens (tertiary/aromatic N) is 1.